The summed E-state index contributed by atoms with van der Waals surface area (Å²) in [4.78, 5) is 13.5. The second-order valence-corrected chi connectivity index (χ2v) is 7.01. The Labute approximate surface area is 127 Å². The maximum absolute atomic E-state index is 12.5. The first-order valence-corrected chi connectivity index (χ1v) is 8.07. The molecule has 0 aliphatic heterocycles. The van der Waals surface area contributed by atoms with E-state index in [0.29, 0.717) is 8.45 Å². The minimum atomic E-state index is -4.10. The summed E-state index contributed by atoms with van der Waals surface area (Å²) in [6.45, 7) is 0. The zero-order chi connectivity index (χ0) is 15.2. The second-order valence-electron chi connectivity index (χ2n) is 4.38. The van der Waals surface area contributed by atoms with Gasteiger partial charge < -0.3 is 5.11 Å². The number of halogens is 1. The van der Waals surface area contributed by atoms with E-state index >= 15 is 0 Å². The molecule has 0 atom stereocenters. The monoisotopic (exact) mass is 368 g/mol. The molecule has 0 radical (unpaired) electrons. The number of hydrogen-bond acceptors (Lipinski definition) is 4. The van der Waals surface area contributed by atoms with Crippen LogP contribution < -0.4 is 5.69 Å². The summed E-state index contributed by atoms with van der Waals surface area (Å²) in [5.41, 5.74) is -0.924. The molecule has 108 valence electrons. The fourth-order valence-electron chi connectivity index (χ4n) is 2.04. The average Bonchev–Trinajstić information content (AvgIpc) is 2.77. The highest BCUT2D eigenvalue weighted by Gasteiger charge is 2.23. The molecule has 3 aromatic rings. The van der Waals surface area contributed by atoms with Crippen LogP contribution in [0.3, 0.4) is 0 Å². The predicted molar refractivity (Wildman–Crippen MR) is 80.9 cm³/mol. The van der Waals surface area contributed by atoms with Gasteiger partial charge in [0.25, 0.3) is 10.0 Å². The fourth-order valence-corrected chi connectivity index (χ4v) is 4.31. The first-order chi connectivity index (χ1) is 9.89. The largest absolute Gasteiger partial charge is 0.493 e. The van der Waals surface area contributed by atoms with E-state index in [1.54, 1.807) is 18.2 Å². The molecule has 2 N–H and O–H groups in total. The lowest BCUT2D eigenvalue weighted by Gasteiger charge is -2.08. The van der Waals surface area contributed by atoms with Gasteiger partial charge in [0.05, 0.1) is 6.20 Å². The third-order valence-corrected chi connectivity index (χ3v) is 5.61. The summed E-state index contributed by atoms with van der Waals surface area (Å²) < 4.78 is 25.9. The van der Waals surface area contributed by atoms with Gasteiger partial charge in [-0.2, -0.15) is 3.97 Å². The fraction of sp³-hybridized carbons (Fsp3) is 0. The standard InChI is InChI=1S/C13H9BrN2O4S/c14-10-5-8-3-1-2-4-9(8)6-11(10)21(19,20)16-7-12(17)15-13(16)18/h1-7,17H,(H,15,18). The molecule has 0 saturated heterocycles. The molecule has 1 heterocycles. The van der Waals surface area contributed by atoms with E-state index < -0.39 is 21.6 Å². The molecular formula is C13H9BrN2O4S. The third kappa shape index (κ3) is 2.26. The van der Waals surface area contributed by atoms with Gasteiger partial charge in [-0.3, -0.25) is 4.98 Å². The zero-order valence-corrected chi connectivity index (χ0v) is 12.8. The van der Waals surface area contributed by atoms with Crippen molar-refractivity contribution < 1.29 is 13.5 Å². The van der Waals surface area contributed by atoms with Crippen molar-refractivity contribution in [1.29, 1.82) is 0 Å². The Bertz CT molecular complexity index is 1000. The van der Waals surface area contributed by atoms with Crippen molar-refractivity contribution in [2.75, 3.05) is 0 Å². The number of aromatic nitrogens is 2. The predicted octanol–water partition coefficient (Wildman–Crippen LogP) is 2.03. The van der Waals surface area contributed by atoms with Gasteiger partial charge in [0.2, 0.25) is 5.88 Å². The first kappa shape index (κ1) is 13.9. The maximum Gasteiger partial charge on any atom is 0.342 e. The highest BCUT2D eigenvalue weighted by molar-refractivity contribution is 9.10. The molecule has 1 aromatic heterocycles. The molecule has 8 heteroatoms. The summed E-state index contributed by atoms with van der Waals surface area (Å²) in [6.07, 6.45) is 0.833. The molecule has 0 fully saturated rings. The third-order valence-electron chi connectivity index (χ3n) is 3.01. The Balaban J connectivity index is 2.31. The number of nitrogens with one attached hydrogen (secondary N) is 1. The second kappa shape index (κ2) is 4.74. The highest BCUT2D eigenvalue weighted by Crippen LogP contribution is 2.29. The summed E-state index contributed by atoms with van der Waals surface area (Å²) in [5, 5.41) is 10.8. The molecular weight excluding hydrogens is 360 g/mol. The van der Waals surface area contributed by atoms with E-state index in [0.717, 1.165) is 17.0 Å². The number of H-pyrrole nitrogens is 1. The number of imidazole rings is 1. The number of aromatic amines is 1. The van der Waals surface area contributed by atoms with Crippen LogP contribution in [0.4, 0.5) is 0 Å². The molecule has 6 nitrogen and oxygen atoms in total. The molecule has 0 spiro atoms. The van der Waals surface area contributed by atoms with Crippen LogP contribution in [0.1, 0.15) is 0 Å². The van der Waals surface area contributed by atoms with Crippen LogP contribution in [0.25, 0.3) is 10.8 Å². The quantitative estimate of drug-likeness (QED) is 0.723. The molecule has 2 aromatic carbocycles. The lowest BCUT2D eigenvalue weighted by Crippen LogP contribution is -2.24. The average molecular weight is 369 g/mol. The van der Waals surface area contributed by atoms with Crippen LogP contribution in [0.15, 0.2) is 56.8 Å². The topological polar surface area (TPSA) is 92.2 Å². The van der Waals surface area contributed by atoms with Crippen LogP contribution in [0.5, 0.6) is 5.88 Å². The minimum absolute atomic E-state index is 0.0534. The Morgan fingerprint density at radius 1 is 1.14 bits per heavy atom. The molecule has 3 rings (SSSR count). The molecule has 21 heavy (non-hydrogen) atoms. The van der Waals surface area contributed by atoms with Gasteiger partial charge in [0, 0.05) is 4.47 Å². The van der Waals surface area contributed by atoms with E-state index in [1.807, 2.05) is 17.1 Å². The zero-order valence-electron chi connectivity index (χ0n) is 10.4. The number of fused-ring (bicyclic) bond motifs is 1. The van der Waals surface area contributed by atoms with Gasteiger partial charge in [-0.15, -0.1) is 0 Å². The van der Waals surface area contributed by atoms with Gasteiger partial charge in [-0.05, 0) is 38.8 Å². The summed E-state index contributed by atoms with van der Waals surface area (Å²) in [7, 11) is -4.10. The molecule has 0 unspecified atom stereocenters. The van der Waals surface area contributed by atoms with Crippen molar-refractivity contribution in [2.24, 2.45) is 0 Å². The minimum Gasteiger partial charge on any atom is -0.493 e. The van der Waals surface area contributed by atoms with Gasteiger partial charge >= 0.3 is 5.69 Å². The van der Waals surface area contributed by atoms with Crippen molar-refractivity contribution in [2.45, 2.75) is 4.90 Å². The lowest BCUT2D eigenvalue weighted by atomic mass is 10.1. The number of rotatable bonds is 2. The van der Waals surface area contributed by atoms with Gasteiger partial charge in [-0.1, -0.05) is 24.3 Å². The Hall–Kier alpha value is -2.06. The van der Waals surface area contributed by atoms with Crippen molar-refractivity contribution in [3.63, 3.8) is 0 Å². The number of benzene rings is 2. The summed E-state index contributed by atoms with van der Waals surface area (Å²) in [5.74, 6) is -0.513. The normalized spacial score (nSPS) is 11.9. The van der Waals surface area contributed by atoms with E-state index in [9.17, 15) is 18.3 Å². The van der Waals surface area contributed by atoms with Crippen LogP contribution in [-0.2, 0) is 10.0 Å². The lowest BCUT2D eigenvalue weighted by molar-refractivity contribution is 0.455. The number of nitrogens with zero attached hydrogens (tertiary/aromatic N) is 1. The molecule has 0 amide bonds. The smallest absolute Gasteiger partial charge is 0.342 e. The molecule has 0 aliphatic carbocycles. The van der Waals surface area contributed by atoms with Gasteiger partial charge in [0.15, 0.2) is 0 Å². The van der Waals surface area contributed by atoms with E-state index in [4.69, 9.17) is 0 Å². The van der Waals surface area contributed by atoms with E-state index in [2.05, 4.69) is 15.9 Å². The Morgan fingerprint density at radius 3 is 2.33 bits per heavy atom. The first-order valence-electron chi connectivity index (χ1n) is 5.84. The van der Waals surface area contributed by atoms with Crippen molar-refractivity contribution in [3.8, 4) is 5.88 Å². The maximum atomic E-state index is 12.5. The molecule has 0 aliphatic rings. The van der Waals surface area contributed by atoms with Crippen LogP contribution >= 0.6 is 15.9 Å². The van der Waals surface area contributed by atoms with Crippen molar-refractivity contribution in [1.82, 2.24) is 8.96 Å². The van der Waals surface area contributed by atoms with Crippen LogP contribution in [-0.4, -0.2) is 22.5 Å². The van der Waals surface area contributed by atoms with Gasteiger partial charge in [-0.25, -0.2) is 13.2 Å². The Kier molecular flexibility index (Phi) is 3.14. The molecule has 0 saturated carbocycles. The van der Waals surface area contributed by atoms with Crippen LogP contribution in [0.2, 0.25) is 0 Å². The van der Waals surface area contributed by atoms with Crippen molar-refractivity contribution >= 4 is 36.7 Å². The van der Waals surface area contributed by atoms with Gasteiger partial charge in [0.1, 0.15) is 4.90 Å². The molecule has 0 bridgehead atoms. The highest BCUT2D eigenvalue weighted by atomic mass is 79.9. The summed E-state index contributed by atoms with van der Waals surface area (Å²) in [6, 6.07) is 10.4. The van der Waals surface area contributed by atoms with E-state index in [1.165, 1.54) is 6.07 Å². The number of hydrogen-bond donors (Lipinski definition) is 2. The van der Waals surface area contributed by atoms with Crippen LogP contribution in [0, 0.1) is 0 Å². The van der Waals surface area contributed by atoms with Crippen molar-refractivity contribution in [3.05, 3.63) is 57.6 Å². The van der Waals surface area contributed by atoms with E-state index in [-0.39, 0.29) is 4.90 Å². The number of aromatic hydroxyl groups is 1. The Morgan fingerprint density at radius 2 is 1.76 bits per heavy atom. The SMILES string of the molecule is O=c1[nH]c(O)cn1S(=O)(=O)c1cc2ccccc2cc1Br. The summed E-state index contributed by atoms with van der Waals surface area (Å²) >= 11 is 3.21.